The highest BCUT2D eigenvalue weighted by Crippen LogP contribution is 1.83. The van der Waals surface area contributed by atoms with Crippen LogP contribution >= 0.6 is 0 Å². The number of hydrogen-bond donors (Lipinski definition) is 1. The maximum absolute atomic E-state index is 10.4. The van der Waals surface area contributed by atoms with Gasteiger partial charge >= 0.3 is 0 Å². The maximum atomic E-state index is 10.4. The summed E-state index contributed by atoms with van der Waals surface area (Å²) in [6.45, 7) is 2.21. The summed E-state index contributed by atoms with van der Waals surface area (Å²) in [5.74, 6) is 0.0306. The predicted octanol–water partition coefficient (Wildman–Crippen LogP) is -0.214. The molecule has 0 aliphatic heterocycles. The molecular weight excluding hydrogens is 116 g/mol. The molecule has 0 aliphatic rings. The minimum absolute atomic E-state index is 0.0306. The van der Waals surface area contributed by atoms with E-state index in [0.29, 0.717) is 6.67 Å². The van der Waals surface area contributed by atoms with E-state index < -0.39 is 0 Å². The molecule has 1 N–H and O–H groups in total. The summed E-state index contributed by atoms with van der Waals surface area (Å²) in [6, 6.07) is 0. The van der Waals surface area contributed by atoms with Crippen molar-refractivity contribution in [3.63, 3.8) is 0 Å². The second-order valence-corrected chi connectivity index (χ2v) is 3.18. The Labute approximate surface area is 56.2 Å². The number of amides is 1. The Morgan fingerprint density at radius 2 is 1.89 bits per heavy atom. The lowest BCUT2D eigenvalue weighted by Gasteiger charge is -2.23. The molecule has 0 heterocycles. The van der Waals surface area contributed by atoms with E-state index in [1.165, 1.54) is 6.92 Å². The van der Waals surface area contributed by atoms with Crippen molar-refractivity contribution in [1.29, 1.82) is 0 Å². The first kappa shape index (κ1) is 8.43. The highest BCUT2D eigenvalue weighted by molar-refractivity contribution is 5.72. The summed E-state index contributed by atoms with van der Waals surface area (Å²) >= 11 is 0. The van der Waals surface area contributed by atoms with Gasteiger partial charge in [0.15, 0.2) is 6.67 Å². The third kappa shape index (κ3) is 7.43. The number of rotatable bonds is 2. The quantitative estimate of drug-likeness (QED) is 0.407. The van der Waals surface area contributed by atoms with Gasteiger partial charge in [-0.05, 0) is 0 Å². The van der Waals surface area contributed by atoms with Crippen molar-refractivity contribution < 1.29 is 9.28 Å². The molecule has 0 aromatic carbocycles. The number of nitrogens with zero attached hydrogens (tertiary/aromatic N) is 1. The molecule has 0 rings (SSSR count). The van der Waals surface area contributed by atoms with Crippen LogP contribution in [0.15, 0.2) is 0 Å². The molecule has 3 heteroatoms. The first-order valence-corrected chi connectivity index (χ1v) is 2.97. The zero-order chi connectivity index (χ0) is 7.49. The molecule has 0 spiro atoms. The topological polar surface area (TPSA) is 29.1 Å². The highest BCUT2D eigenvalue weighted by Gasteiger charge is 2.05. The fraction of sp³-hybridized carbons (Fsp3) is 0.833. The van der Waals surface area contributed by atoms with Gasteiger partial charge < -0.3 is 9.80 Å². The number of carbonyl (C=O) groups is 1. The average Bonchev–Trinajstić information content (AvgIpc) is 1.59. The molecule has 0 aliphatic carbocycles. The zero-order valence-electron chi connectivity index (χ0n) is 6.56. The summed E-state index contributed by atoms with van der Waals surface area (Å²) in [5, 5.41) is 2.72. The lowest BCUT2D eigenvalue weighted by molar-refractivity contribution is -0.872. The van der Waals surface area contributed by atoms with Crippen LogP contribution in [0.5, 0.6) is 0 Å². The molecule has 0 saturated carbocycles. The van der Waals surface area contributed by atoms with Gasteiger partial charge in [0, 0.05) is 6.92 Å². The lowest BCUT2D eigenvalue weighted by atomic mass is 10.6. The minimum Gasteiger partial charge on any atom is -0.314 e. The zero-order valence-corrected chi connectivity index (χ0v) is 6.56. The second-order valence-electron chi connectivity index (χ2n) is 3.18. The Bertz CT molecular complexity index is 104. The Morgan fingerprint density at radius 1 is 1.44 bits per heavy atom. The average molecular weight is 131 g/mol. The number of nitrogens with one attached hydrogen (secondary N) is 1. The standard InChI is InChI=1S/C6H14N2O/c1-6(9)7-5-8(2,3)4/h5H2,1-4H3/p+1. The first-order valence-electron chi connectivity index (χ1n) is 2.97. The fourth-order valence-corrected chi connectivity index (χ4v) is 0.349. The van der Waals surface area contributed by atoms with E-state index in [-0.39, 0.29) is 5.91 Å². The van der Waals surface area contributed by atoms with Crippen molar-refractivity contribution in [1.82, 2.24) is 5.32 Å². The van der Waals surface area contributed by atoms with Crippen molar-refractivity contribution in [3.8, 4) is 0 Å². The van der Waals surface area contributed by atoms with Crippen LogP contribution in [0.2, 0.25) is 0 Å². The van der Waals surface area contributed by atoms with Gasteiger partial charge in [0.1, 0.15) is 0 Å². The third-order valence-corrected chi connectivity index (χ3v) is 0.802. The van der Waals surface area contributed by atoms with E-state index in [4.69, 9.17) is 0 Å². The summed E-state index contributed by atoms with van der Waals surface area (Å²) < 4.78 is 0.763. The molecular formula is C6H15N2O+. The van der Waals surface area contributed by atoms with Gasteiger partial charge in [0.2, 0.25) is 5.91 Å². The maximum Gasteiger partial charge on any atom is 0.221 e. The Morgan fingerprint density at radius 3 is 2.00 bits per heavy atom. The molecule has 0 bridgehead atoms. The molecule has 0 unspecified atom stereocenters. The van der Waals surface area contributed by atoms with Crippen molar-refractivity contribution in [2.24, 2.45) is 0 Å². The first-order chi connectivity index (χ1) is 3.92. The minimum atomic E-state index is 0.0306. The highest BCUT2D eigenvalue weighted by atomic mass is 16.1. The Kier molecular flexibility index (Phi) is 2.65. The largest absolute Gasteiger partial charge is 0.314 e. The normalized spacial score (nSPS) is 11.1. The van der Waals surface area contributed by atoms with E-state index in [0.717, 1.165) is 4.48 Å². The monoisotopic (exact) mass is 131 g/mol. The van der Waals surface area contributed by atoms with Gasteiger partial charge in [0.25, 0.3) is 0 Å². The van der Waals surface area contributed by atoms with Crippen LogP contribution in [0.4, 0.5) is 0 Å². The van der Waals surface area contributed by atoms with Crippen LogP contribution in [0.3, 0.4) is 0 Å². The van der Waals surface area contributed by atoms with Gasteiger partial charge in [-0.15, -0.1) is 0 Å². The van der Waals surface area contributed by atoms with Crippen LogP contribution in [0, 0.1) is 0 Å². The predicted molar refractivity (Wildman–Crippen MR) is 36.7 cm³/mol. The van der Waals surface area contributed by atoms with E-state index in [9.17, 15) is 4.79 Å². The Balaban J connectivity index is 3.39. The van der Waals surface area contributed by atoms with Crippen molar-refractivity contribution in [3.05, 3.63) is 0 Å². The molecule has 3 nitrogen and oxygen atoms in total. The summed E-state index contributed by atoms with van der Waals surface area (Å²) in [7, 11) is 6.07. The summed E-state index contributed by atoms with van der Waals surface area (Å²) in [5.41, 5.74) is 0. The summed E-state index contributed by atoms with van der Waals surface area (Å²) in [4.78, 5) is 10.4. The van der Waals surface area contributed by atoms with Gasteiger partial charge in [0.05, 0.1) is 21.1 Å². The van der Waals surface area contributed by atoms with Crippen LogP contribution in [-0.4, -0.2) is 38.2 Å². The molecule has 9 heavy (non-hydrogen) atoms. The Hall–Kier alpha value is -0.570. The van der Waals surface area contributed by atoms with E-state index in [1.807, 2.05) is 21.1 Å². The van der Waals surface area contributed by atoms with E-state index in [1.54, 1.807) is 0 Å². The van der Waals surface area contributed by atoms with Crippen LogP contribution in [0.25, 0.3) is 0 Å². The smallest absolute Gasteiger partial charge is 0.221 e. The number of hydrogen-bond acceptors (Lipinski definition) is 1. The molecule has 54 valence electrons. The number of carbonyl (C=O) groups excluding carboxylic acids is 1. The van der Waals surface area contributed by atoms with Gasteiger partial charge in [-0.2, -0.15) is 0 Å². The lowest BCUT2D eigenvalue weighted by Crippen LogP contribution is -2.44. The molecule has 0 aromatic heterocycles. The van der Waals surface area contributed by atoms with Gasteiger partial charge in [-0.1, -0.05) is 0 Å². The van der Waals surface area contributed by atoms with Crippen LogP contribution < -0.4 is 5.32 Å². The second kappa shape index (κ2) is 2.82. The van der Waals surface area contributed by atoms with Crippen molar-refractivity contribution >= 4 is 5.91 Å². The fourth-order valence-electron chi connectivity index (χ4n) is 0.349. The van der Waals surface area contributed by atoms with Gasteiger partial charge in [-0.25, -0.2) is 0 Å². The molecule has 0 radical (unpaired) electrons. The van der Waals surface area contributed by atoms with Crippen molar-refractivity contribution in [2.75, 3.05) is 27.8 Å². The van der Waals surface area contributed by atoms with Crippen molar-refractivity contribution in [2.45, 2.75) is 6.92 Å². The van der Waals surface area contributed by atoms with Crippen LogP contribution in [0.1, 0.15) is 6.92 Å². The summed E-state index contributed by atoms with van der Waals surface area (Å²) in [6.07, 6.45) is 0. The molecule has 0 aromatic rings. The third-order valence-electron chi connectivity index (χ3n) is 0.802. The molecule has 1 amide bonds. The number of quaternary nitrogens is 1. The van der Waals surface area contributed by atoms with Gasteiger partial charge in [-0.3, -0.25) is 4.79 Å². The van der Waals surface area contributed by atoms with E-state index >= 15 is 0 Å². The molecule has 0 saturated heterocycles. The van der Waals surface area contributed by atoms with E-state index in [2.05, 4.69) is 5.32 Å². The molecule has 0 fully saturated rings. The van der Waals surface area contributed by atoms with Crippen LogP contribution in [-0.2, 0) is 4.79 Å². The SMILES string of the molecule is CC(=O)NC[N+](C)(C)C. The molecule has 0 atom stereocenters.